The highest BCUT2D eigenvalue weighted by atomic mass is 79.9. The lowest BCUT2D eigenvalue weighted by molar-refractivity contribution is -0.254. The highest BCUT2D eigenvalue weighted by Gasteiger charge is 2.52. The number of carbonyl (C=O) groups excluding carboxylic acids is 4. The zero-order valence-electron chi connectivity index (χ0n) is 18.0. The normalized spacial score (nSPS) is 24.9. The first-order valence-electron chi connectivity index (χ1n) is 9.68. The molecule has 0 saturated carbocycles. The van der Waals surface area contributed by atoms with Gasteiger partial charge >= 0.3 is 23.9 Å². The molecule has 0 amide bonds. The molecule has 0 N–H and O–H groups in total. The number of hydrogen-bond donors (Lipinski definition) is 0. The van der Waals surface area contributed by atoms with E-state index in [0.717, 1.165) is 5.56 Å². The summed E-state index contributed by atoms with van der Waals surface area (Å²) in [5.41, 5.74) is 1.32. The van der Waals surface area contributed by atoms with E-state index in [2.05, 4.69) is 15.9 Å². The third-order valence-corrected chi connectivity index (χ3v) is 5.51. The second-order valence-electron chi connectivity index (χ2n) is 7.10. The number of hydrogen-bond acceptors (Lipinski definition) is 9. The fourth-order valence-corrected chi connectivity index (χ4v) is 4.18. The Kier molecular flexibility index (Phi) is 9.47. The van der Waals surface area contributed by atoms with Gasteiger partial charge in [0.05, 0.1) is 0 Å². The molecule has 1 aliphatic rings. The summed E-state index contributed by atoms with van der Waals surface area (Å²) in [6, 6.07) is 5.08. The molecule has 1 aliphatic heterocycles. The van der Waals surface area contributed by atoms with Crippen LogP contribution in [0.25, 0.3) is 0 Å². The SMILES string of the molecule is CC(=O)OCC1O[C@@H](c2ccc(Cl)c(CBr)c2)C(OC(C)=O)C(OC(C)=O)C1OC(C)=O. The first kappa shape index (κ1) is 26.1. The van der Waals surface area contributed by atoms with E-state index in [1.165, 1.54) is 27.7 Å². The lowest BCUT2D eigenvalue weighted by Crippen LogP contribution is -2.59. The molecule has 1 heterocycles. The first-order valence-corrected chi connectivity index (χ1v) is 11.2. The molecule has 0 aromatic heterocycles. The van der Waals surface area contributed by atoms with Crippen LogP contribution in [0.2, 0.25) is 5.02 Å². The van der Waals surface area contributed by atoms with Crippen LogP contribution in [0.1, 0.15) is 44.9 Å². The van der Waals surface area contributed by atoms with Gasteiger partial charge in [0.1, 0.15) is 18.8 Å². The number of esters is 4. The predicted molar refractivity (Wildman–Crippen MR) is 115 cm³/mol. The minimum Gasteiger partial charge on any atom is -0.463 e. The molecular weight excluding hydrogens is 512 g/mol. The van der Waals surface area contributed by atoms with Gasteiger partial charge in [-0.2, -0.15) is 0 Å². The quantitative estimate of drug-likeness (QED) is 0.295. The van der Waals surface area contributed by atoms with Crippen molar-refractivity contribution in [3.05, 3.63) is 34.3 Å². The maximum Gasteiger partial charge on any atom is 0.303 e. The van der Waals surface area contributed by atoms with Gasteiger partial charge in [-0.05, 0) is 17.2 Å². The van der Waals surface area contributed by atoms with Crippen molar-refractivity contribution in [3.8, 4) is 0 Å². The van der Waals surface area contributed by atoms with Crippen molar-refractivity contribution in [2.45, 2.75) is 63.5 Å². The second-order valence-corrected chi connectivity index (χ2v) is 8.07. The number of halogens is 2. The standard InChI is InChI=1S/C21H24BrClO9/c1-10(24)28-9-17-19(29-11(2)25)21(31-13(4)27)20(30-12(3)26)18(32-17)14-5-6-16(23)15(7-14)8-22/h5-7,17-21H,8-9H2,1-4H3/t17?,18-,19?,20?,21?/m0/s1. The van der Waals surface area contributed by atoms with E-state index in [4.69, 9.17) is 35.3 Å². The minimum absolute atomic E-state index is 0.284. The Morgan fingerprint density at radius 2 is 1.47 bits per heavy atom. The molecule has 5 atom stereocenters. The fraction of sp³-hybridized carbons (Fsp3) is 0.524. The lowest BCUT2D eigenvalue weighted by Gasteiger charge is -2.44. The molecule has 4 unspecified atom stereocenters. The predicted octanol–water partition coefficient (Wildman–Crippen LogP) is 3.03. The number of alkyl halides is 1. The summed E-state index contributed by atoms with van der Waals surface area (Å²) in [6.45, 7) is 4.47. The maximum absolute atomic E-state index is 11.9. The van der Waals surface area contributed by atoms with Gasteiger partial charge in [0.2, 0.25) is 0 Å². The third-order valence-electron chi connectivity index (χ3n) is 4.53. The van der Waals surface area contributed by atoms with Gasteiger partial charge in [0.25, 0.3) is 0 Å². The van der Waals surface area contributed by atoms with Crippen LogP contribution in [0, 0.1) is 0 Å². The lowest BCUT2D eigenvalue weighted by atomic mass is 9.90. The maximum atomic E-state index is 11.9. The van der Waals surface area contributed by atoms with E-state index in [-0.39, 0.29) is 6.61 Å². The molecule has 32 heavy (non-hydrogen) atoms. The highest BCUT2D eigenvalue weighted by Crippen LogP contribution is 2.38. The molecule has 0 spiro atoms. The van der Waals surface area contributed by atoms with Crippen LogP contribution in [-0.2, 0) is 48.2 Å². The van der Waals surface area contributed by atoms with E-state index >= 15 is 0 Å². The van der Waals surface area contributed by atoms with Crippen LogP contribution in [0.4, 0.5) is 0 Å². The van der Waals surface area contributed by atoms with E-state index in [1.54, 1.807) is 18.2 Å². The summed E-state index contributed by atoms with van der Waals surface area (Å²) >= 11 is 9.57. The summed E-state index contributed by atoms with van der Waals surface area (Å²) in [6.07, 6.45) is -5.52. The average molecular weight is 536 g/mol. The van der Waals surface area contributed by atoms with Gasteiger partial charge in [-0.25, -0.2) is 0 Å². The van der Waals surface area contributed by atoms with Gasteiger partial charge in [0, 0.05) is 38.0 Å². The molecule has 0 aliphatic carbocycles. The van der Waals surface area contributed by atoms with Crippen LogP contribution < -0.4 is 0 Å². The van der Waals surface area contributed by atoms with E-state index < -0.39 is 54.4 Å². The van der Waals surface area contributed by atoms with Crippen molar-refractivity contribution < 1.29 is 42.9 Å². The highest BCUT2D eigenvalue weighted by molar-refractivity contribution is 9.08. The van der Waals surface area contributed by atoms with Gasteiger partial charge in [-0.1, -0.05) is 39.7 Å². The van der Waals surface area contributed by atoms with E-state index in [1.807, 2.05) is 0 Å². The number of benzene rings is 1. The Labute approximate surface area is 198 Å². The Hall–Kier alpha value is -2.17. The summed E-state index contributed by atoms with van der Waals surface area (Å²) in [5.74, 6) is -2.61. The molecule has 1 saturated heterocycles. The third kappa shape index (κ3) is 6.91. The van der Waals surface area contributed by atoms with Crippen LogP contribution in [0.5, 0.6) is 0 Å². The number of rotatable bonds is 7. The van der Waals surface area contributed by atoms with Crippen LogP contribution in [0.3, 0.4) is 0 Å². The summed E-state index contributed by atoms with van der Waals surface area (Å²) in [5, 5.41) is 0.960. The Morgan fingerprint density at radius 1 is 0.906 bits per heavy atom. The monoisotopic (exact) mass is 534 g/mol. The fourth-order valence-electron chi connectivity index (χ4n) is 3.37. The van der Waals surface area contributed by atoms with Gasteiger partial charge < -0.3 is 23.7 Å². The molecule has 11 heteroatoms. The van der Waals surface area contributed by atoms with Gasteiger partial charge in [-0.15, -0.1) is 0 Å². The van der Waals surface area contributed by atoms with Crippen LogP contribution in [-0.4, -0.2) is 54.9 Å². The molecule has 0 radical (unpaired) electrons. The Morgan fingerprint density at radius 3 is 2.00 bits per heavy atom. The van der Waals surface area contributed by atoms with Crippen molar-refractivity contribution >= 4 is 51.4 Å². The molecule has 1 aromatic carbocycles. The number of carbonyl (C=O) groups is 4. The topological polar surface area (TPSA) is 114 Å². The summed E-state index contributed by atoms with van der Waals surface area (Å²) in [7, 11) is 0. The first-order chi connectivity index (χ1) is 15.0. The van der Waals surface area contributed by atoms with E-state index in [0.29, 0.717) is 15.9 Å². The van der Waals surface area contributed by atoms with Crippen molar-refractivity contribution in [1.29, 1.82) is 0 Å². The van der Waals surface area contributed by atoms with Gasteiger partial charge in [-0.3, -0.25) is 19.2 Å². The summed E-state index contributed by atoms with van der Waals surface area (Å²) < 4.78 is 27.5. The van der Waals surface area contributed by atoms with Crippen LogP contribution in [0.15, 0.2) is 18.2 Å². The Balaban J connectivity index is 2.58. The van der Waals surface area contributed by atoms with Crippen molar-refractivity contribution in [2.75, 3.05) is 6.61 Å². The van der Waals surface area contributed by atoms with Crippen molar-refractivity contribution in [1.82, 2.24) is 0 Å². The van der Waals surface area contributed by atoms with Crippen molar-refractivity contribution in [3.63, 3.8) is 0 Å². The largest absolute Gasteiger partial charge is 0.463 e. The molecule has 2 rings (SSSR count). The minimum atomic E-state index is -1.22. The molecule has 9 nitrogen and oxygen atoms in total. The molecule has 0 bridgehead atoms. The van der Waals surface area contributed by atoms with Crippen molar-refractivity contribution in [2.24, 2.45) is 0 Å². The molecule has 176 valence electrons. The molecule has 1 aromatic rings. The second kappa shape index (κ2) is 11.6. The average Bonchev–Trinajstić information content (AvgIpc) is 2.69. The van der Waals surface area contributed by atoms with Crippen LogP contribution >= 0.6 is 27.5 Å². The van der Waals surface area contributed by atoms with Gasteiger partial charge in [0.15, 0.2) is 18.3 Å². The zero-order valence-corrected chi connectivity index (χ0v) is 20.3. The zero-order chi connectivity index (χ0) is 24.0. The smallest absolute Gasteiger partial charge is 0.303 e. The molecule has 1 fully saturated rings. The number of ether oxygens (including phenoxy) is 5. The summed E-state index contributed by atoms with van der Waals surface area (Å²) in [4.78, 5) is 47.0. The van der Waals surface area contributed by atoms with E-state index in [9.17, 15) is 19.2 Å². The Bertz CT molecular complexity index is 875. The molecular formula is C21H24BrClO9.